The van der Waals surface area contributed by atoms with E-state index in [1.165, 1.54) is 0 Å². The minimum atomic E-state index is -0.0356. The van der Waals surface area contributed by atoms with Gasteiger partial charge in [0.1, 0.15) is 0 Å². The van der Waals surface area contributed by atoms with Gasteiger partial charge in [-0.15, -0.1) is 0 Å². The summed E-state index contributed by atoms with van der Waals surface area (Å²) in [5, 5.41) is 0. The molecule has 0 bridgehead atoms. The van der Waals surface area contributed by atoms with Gasteiger partial charge in [-0.3, -0.25) is 9.69 Å². The minimum absolute atomic E-state index is 0.0356. The van der Waals surface area contributed by atoms with Crippen LogP contribution in [0.4, 0.5) is 0 Å². The molecule has 1 aliphatic rings. The lowest BCUT2D eigenvalue weighted by molar-refractivity contribution is 0.0525. The molecule has 2 heterocycles. The third kappa shape index (κ3) is 4.30. The molecule has 1 fully saturated rings. The Labute approximate surface area is 132 Å². The van der Waals surface area contributed by atoms with E-state index in [-0.39, 0.29) is 5.91 Å². The van der Waals surface area contributed by atoms with Crippen LogP contribution >= 0.6 is 0 Å². The van der Waals surface area contributed by atoms with Crippen molar-refractivity contribution in [3.63, 3.8) is 0 Å². The number of rotatable bonds is 7. The summed E-state index contributed by atoms with van der Waals surface area (Å²) < 4.78 is 11.1. The molecule has 2 rings (SSSR count). The van der Waals surface area contributed by atoms with Crippen molar-refractivity contribution in [2.45, 2.75) is 33.6 Å². The highest BCUT2D eigenvalue weighted by Gasteiger charge is 2.26. The van der Waals surface area contributed by atoms with Crippen LogP contribution in [0, 0.1) is 6.92 Å². The molecule has 124 valence electrons. The zero-order valence-corrected chi connectivity index (χ0v) is 13.9. The van der Waals surface area contributed by atoms with E-state index in [1.54, 1.807) is 0 Å². The largest absolute Gasteiger partial charge is 0.435 e. The Morgan fingerprint density at radius 2 is 1.95 bits per heavy atom. The van der Waals surface area contributed by atoms with Gasteiger partial charge in [0.15, 0.2) is 5.89 Å². The van der Waals surface area contributed by atoms with Gasteiger partial charge in [-0.25, -0.2) is 4.98 Å². The predicted octanol–water partition coefficient (Wildman–Crippen LogP) is 1.73. The van der Waals surface area contributed by atoms with Gasteiger partial charge in [-0.2, -0.15) is 0 Å². The summed E-state index contributed by atoms with van der Waals surface area (Å²) in [6, 6.07) is 0. The van der Waals surface area contributed by atoms with Gasteiger partial charge in [-0.1, -0.05) is 13.8 Å². The number of oxazole rings is 1. The summed E-state index contributed by atoms with van der Waals surface area (Å²) >= 11 is 0. The molecule has 6 nitrogen and oxygen atoms in total. The lowest BCUT2D eigenvalue weighted by atomic mass is 10.2. The summed E-state index contributed by atoms with van der Waals surface area (Å²) in [4.78, 5) is 21.0. The topological polar surface area (TPSA) is 58.8 Å². The Hall–Kier alpha value is -1.40. The van der Waals surface area contributed by atoms with Crippen molar-refractivity contribution in [3.05, 3.63) is 17.3 Å². The fourth-order valence-corrected chi connectivity index (χ4v) is 2.56. The van der Waals surface area contributed by atoms with Crippen LogP contribution < -0.4 is 0 Å². The summed E-state index contributed by atoms with van der Waals surface area (Å²) in [7, 11) is 0. The van der Waals surface area contributed by atoms with Gasteiger partial charge < -0.3 is 14.1 Å². The van der Waals surface area contributed by atoms with Crippen molar-refractivity contribution in [1.29, 1.82) is 0 Å². The van der Waals surface area contributed by atoms with Gasteiger partial charge in [0.05, 0.1) is 12.3 Å². The second-order valence-corrected chi connectivity index (χ2v) is 5.62. The SMILES string of the molecule is CCCOCCN1CCN(C(=O)c2oc(CC)nc2C)CC1. The van der Waals surface area contributed by atoms with Crippen molar-refractivity contribution in [1.82, 2.24) is 14.8 Å². The van der Waals surface area contributed by atoms with Gasteiger partial charge in [0.2, 0.25) is 5.76 Å². The van der Waals surface area contributed by atoms with Crippen LogP contribution in [0.25, 0.3) is 0 Å². The van der Waals surface area contributed by atoms with Crippen LogP contribution in [0.15, 0.2) is 4.42 Å². The molecule has 6 heteroatoms. The van der Waals surface area contributed by atoms with Gasteiger partial charge in [0.25, 0.3) is 5.91 Å². The molecule has 0 aromatic carbocycles. The lowest BCUT2D eigenvalue weighted by Crippen LogP contribution is -2.49. The maximum Gasteiger partial charge on any atom is 0.291 e. The molecule has 0 saturated carbocycles. The first-order valence-corrected chi connectivity index (χ1v) is 8.21. The third-order valence-corrected chi connectivity index (χ3v) is 3.90. The summed E-state index contributed by atoms with van der Waals surface area (Å²) in [5.74, 6) is 0.996. The Bertz CT molecular complexity index is 479. The highest BCUT2D eigenvalue weighted by Crippen LogP contribution is 2.15. The summed E-state index contributed by atoms with van der Waals surface area (Å²) in [6.45, 7) is 11.7. The van der Waals surface area contributed by atoms with E-state index in [0.29, 0.717) is 23.8 Å². The van der Waals surface area contributed by atoms with E-state index < -0.39 is 0 Å². The van der Waals surface area contributed by atoms with Crippen LogP contribution in [-0.4, -0.2) is 66.6 Å². The third-order valence-electron chi connectivity index (χ3n) is 3.90. The molecule has 1 aromatic heterocycles. The summed E-state index contributed by atoms with van der Waals surface area (Å²) in [6.07, 6.45) is 1.76. The predicted molar refractivity (Wildman–Crippen MR) is 84.1 cm³/mol. The number of carbonyl (C=O) groups excluding carboxylic acids is 1. The van der Waals surface area contributed by atoms with Crippen LogP contribution in [-0.2, 0) is 11.2 Å². The first kappa shape index (κ1) is 17.0. The van der Waals surface area contributed by atoms with E-state index in [2.05, 4.69) is 16.8 Å². The van der Waals surface area contributed by atoms with E-state index in [9.17, 15) is 4.79 Å². The van der Waals surface area contributed by atoms with Crippen molar-refractivity contribution in [3.8, 4) is 0 Å². The molecular weight excluding hydrogens is 282 g/mol. The second kappa shape index (κ2) is 8.29. The van der Waals surface area contributed by atoms with Gasteiger partial charge >= 0.3 is 0 Å². The number of aryl methyl sites for hydroxylation is 2. The highest BCUT2D eigenvalue weighted by molar-refractivity contribution is 5.92. The van der Waals surface area contributed by atoms with Crippen molar-refractivity contribution in [2.75, 3.05) is 45.9 Å². The van der Waals surface area contributed by atoms with Crippen molar-refractivity contribution >= 4 is 5.91 Å². The minimum Gasteiger partial charge on any atom is -0.435 e. The van der Waals surface area contributed by atoms with Crippen LogP contribution in [0.2, 0.25) is 0 Å². The smallest absolute Gasteiger partial charge is 0.291 e. The number of nitrogens with zero attached hydrogens (tertiary/aromatic N) is 3. The van der Waals surface area contributed by atoms with E-state index in [4.69, 9.17) is 9.15 Å². The Morgan fingerprint density at radius 1 is 1.23 bits per heavy atom. The number of carbonyl (C=O) groups is 1. The number of hydrogen-bond acceptors (Lipinski definition) is 5. The molecule has 1 saturated heterocycles. The Morgan fingerprint density at radius 3 is 2.55 bits per heavy atom. The molecular formula is C16H27N3O3. The molecule has 0 radical (unpaired) electrons. The summed E-state index contributed by atoms with van der Waals surface area (Å²) in [5.41, 5.74) is 0.692. The zero-order valence-electron chi connectivity index (χ0n) is 13.9. The standard InChI is InChI=1S/C16H27N3O3/c1-4-11-21-12-10-18-6-8-19(9-7-18)16(20)15-13(3)17-14(5-2)22-15/h4-12H2,1-3H3. The molecule has 1 aliphatic heterocycles. The van der Waals surface area contributed by atoms with Crippen LogP contribution in [0.1, 0.15) is 42.4 Å². The Kier molecular flexibility index (Phi) is 6.39. The maximum absolute atomic E-state index is 12.5. The Balaban J connectivity index is 1.80. The molecule has 0 aliphatic carbocycles. The first-order chi connectivity index (χ1) is 10.7. The van der Waals surface area contributed by atoms with Crippen LogP contribution in [0.5, 0.6) is 0 Å². The molecule has 22 heavy (non-hydrogen) atoms. The highest BCUT2D eigenvalue weighted by atomic mass is 16.5. The monoisotopic (exact) mass is 309 g/mol. The lowest BCUT2D eigenvalue weighted by Gasteiger charge is -2.34. The zero-order chi connectivity index (χ0) is 15.9. The van der Waals surface area contributed by atoms with E-state index in [1.807, 2.05) is 18.7 Å². The molecule has 1 aromatic rings. The fourth-order valence-electron chi connectivity index (χ4n) is 2.56. The molecule has 1 amide bonds. The van der Waals surface area contributed by atoms with Gasteiger partial charge in [-0.05, 0) is 13.3 Å². The fraction of sp³-hybridized carbons (Fsp3) is 0.750. The van der Waals surface area contributed by atoms with Gasteiger partial charge in [0, 0.05) is 45.8 Å². The van der Waals surface area contributed by atoms with Crippen molar-refractivity contribution < 1.29 is 13.9 Å². The maximum atomic E-state index is 12.5. The number of amides is 1. The molecule has 0 N–H and O–H groups in total. The number of piperazine rings is 1. The van der Waals surface area contributed by atoms with Crippen molar-refractivity contribution in [2.24, 2.45) is 0 Å². The van der Waals surface area contributed by atoms with E-state index in [0.717, 1.165) is 52.4 Å². The molecule has 0 atom stereocenters. The quantitative estimate of drug-likeness (QED) is 0.718. The number of aromatic nitrogens is 1. The average molecular weight is 309 g/mol. The van der Waals surface area contributed by atoms with Crippen LogP contribution in [0.3, 0.4) is 0 Å². The van der Waals surface area contributed by atoms with E-state index >= 15 is 0 Å². The first-order valence-electron chi connectivity index (χ1n) is 8.21. The average Bonchev–Trinajstić information content (AvgIpc) is 2.92. The number of hydrogen-bond donors (Lipinski definition) is 0. The number of ether oxygens (including phenoxy) is 1. The second-order valence-electron chi connectivity index (χ2n) is 5.62. The molecule has 0 spiro atoms. The molecule has 0 unspecified atom stereocenters. The normalized spacial score (nSPS) is 16.2.